The summed E-state index contributed by atoms with van der Waals surface area (Å²) in [5.41, 5.74) is 3.84. The van der Waals surface area contributed by atoms with Gasteiger partial charge in [0.1, 0.15) is 0 Å². The third-order valence-corrected chi connectivity index (χ3v) is 4.22. The van der Waals surface area contributed by atoms with E-state index in [1.165, 1.54) is 55.3 Å². The van der Waals surface area contributed by atoms with Crippen LogP contribution in [0.25, 0.3) is 11.1 Å². The molecule has 0 radical (unpaired) electrons. The molecule has 1 N–H and O–H groups in total. The topological polar surface area (TPSA) is 12.0 Å². The van der Waals surface area contributed by atoms with Crippen molar-refractivity contribution >= 4 is 5.69 Å². The molecule has 0 unspecified atom stereocenters. The molecule has 1 nitrogen and oxygen atoms in total. The van der Waals surface area contributed by atoms with Crippen LogP contribution >= 0.6 is 0 Å². The number of hydrogen-bond donors (Lipinski definition) is 1. The molecular formula is C19H23N. The molecule has 1 aliphatic carbocycles. The summed E-state index contributed by atoms with van der Waals surface area (Å²) in [5.74, 6) is 0. The summed E-state index contributed by atoms with van der Waals surface area (Å²) in [6, 6.07) is 20.1. The van der Waals surface area contributed by atoms with Crippen LogP contribution in [0.3, 0.4) is 0 Å². The summed E-state index contributed by atoms with van der Waals surface area (Å²) in [6.07, 6.45) is 8.21. The maximum absolute atomic E-state index is 3.70. The fourth-order valence-electron chi connectivity index (χ4n) is 3.05. The highest BCUT2D eigenvalue weighted by Gasteiger charge is 2.11. The van der Waals surface area contributed by atoms with E-state index in [1.54, 1.807) is 0 Å². The summed E-state index contributed by atoms with van der Waals surface area (Å²) < 4.78 is 0. The van der Waals surface area contributed by atoms with E-state index in [4.69, 9.17) is 0 Å². The minimum atomic E-state index is 0.667. The molecule has 1 heteroatoms. The van der Waals surface area contributed by atoms with Crippen molar-refractivity contribution in [2.45, 2.75) is 44.6 Å². The summed E-state index contributed by atoms with van der Waals surface area (Å²) in [4.78, 5) is 0. The van der Waals surface area contributed by atoms with Gasteiger partial charge in [-0.3, -0.25) is 0 Å². The number of hydrogen-bond acceptors (Lipinski definition) is 1. The van der Waals surface area contributed by atoms with Crippen molar-refractivity contribution in [3.8, 4) is 11.1 Å². The van der Waals surface area contributed by atoms with Crippen molar-refractivity contribution in [3.63, 3.8) is 0 Å². The summed E-state index contributed by atoms with van der Waals surface area (Å²) in [7, 11) is 0. The van der Waals surface area contributed by atoms with E-state index < -0.39 is 0 Å². The van der Waals surface area contributed by atoms with Gasteiger partial charge in [0.15, 0.2) is 0 Å². The second-order valence-corrected chi connectivity index (χ2v) is 5.78. The molecule has 1 aliphatic rings. The van der Waals surface area contributed by atoms with Crippen molar-refractivity contribution < 1.29 is 0 Å². The molecule has 2 aromatic rings. The molecule has 0 saturated heterocycles. The smallest absolute Gasteiger partial charge is 0.0342 e. The van der Waals surface area contributed by atoms with Gasteiger partial charge in [-0.1, -0.05) is 68.1 Å². The van der Waals surface area contributed by atoms with E-state index in [1.807, 2.05) is 0 Å². The Kier molecular flexibility index (Phi) is 4.37. The Balaban J connectivity index is 1.67. The van der Waals surface area contributed by atoms with E-state index >= 15 is 0 Å². The van der Waals surface area contributed by atoms with Gasteiger partial charge in [0.2, 0.25) is 0 Å². The Bertz CT molecular complexity index is 507. The molecule has 0 bridgehead atoms. The molecule has 0 aliphatic heterocycles. The molecule has 1 fully saturated rings. The molecule has 104 valence electrons. The van der Waals surface area contributed by atoms with Gasteiger partial charge in [0, 0.05) is 11.7 Å². The fourth-order valence-corrected chi connectivity index (χ4v) is 3.05. The van der Waals surface area contributed by atoms with Crippen molar-refractivity contribution in [3.05, 3.63) is 54.6 Å². The van der Waals surface area contributed by atoms with Crippen molar-refractivity contribution in [1.29, 1.82) is 0 Å². The first-order chi connectivity index (χ1) is 9.92. The van der Waals surface area contributed by atoms with Crippen LogP contribution < -0.4 is 5.32 Å². The second-order valence-electron chi connectivity index (χ2n) is 5.78. The predicted octanol–water partition coefficient (Wildman–Crippen LogP) is 5.49. The van der Waals surface area contributed by atoms with Crippen LogP contribution in [0.15, 0.2) is 54.6 Å². The van der Waals surface area contributed by atoms with E-state index in [9.17, 15) is 0 Å². The van der Waals surface area contributed by atoms with E-state index in [0.29, 0.717) is 6.04 Å². The van der Waals surface area contributed by atoms with Gasteiger partial charge in [0.05, 0.1) is 0 Å². The van der Waals surface area contributed by atoms with Crippen molar-refractivity contribution in [2.75, 3.05) is 5.32 Å². The molecule has 0 spiro atoms. The quantitative estimate of drug-likeness (QED) is 0.724. The maximum atomic E-state index is 3.70. The fraction of sp³-hybridized carbons (Fsp3) is 0.368. The van der Waals surface area contributed by atoms with Crippen LogP contribution in [0.2, 0.25) is 0 Å². The third kappa shape index (κ3) is 3.41. The zero-order chi connectivity index (χ0) is 13.6. The Morgan fingerprint density at radius 3 is 1.90 bits per heavy atom. The van der Waals surface area contributed by atoms with Crippen molar-refractivity contribution in [2.24, 2.45) is 0 Å². The largest absolute Gasteiger partial charge is 0.382 e. The predicted molar refractivity (Wildman–Crippen MR) is 87.0 cm³/mol. The lowest BCUT2D eigenvalue weighted by Gasteiger charge is -2.17. The molecule has 0 heterocycles. The van der Waals surface area contributed by atoms with Crippen molar-refractivity contribution in [1.82, 2.24) is 0 Å². The Morgan fingerprint density at radius 1 is 0.650 bits per heavy atom. The van der Waals surface area contributed by atoms with Crippen LogP contribution in [0.4, 0.5) is 5.69 Å². The van der Waals surface area contributed by atoms with Gasteiger partial charge < -0.3 is 5.32 Å². The summed E-state index contributed by atoms with van der Waals surface area (Å²) >= 11 is 0. The van der Waals surface area contributed by atoms with Gasteiger partial charge in [-0.25, -0.2) is 0 Å². The Labute approximate surface area is 122 Å². The van der Waals surface area contributed by atoms with Gasteiger partial charge in [0.25, 0.3) is 0 Å². The monoisotopic (exact) mass is 265 g/mol. The van der Waals surface area contributed by atoms with Gasteiger partial charge >= 0.3 is 0 Å². The zero-order valence-corrected chi connectivity index (χ0v) is 12.0. The summed E-state index contributed by atoms with van der Waals surface area (Å²) in [5, 5.41) is 3.70. The zero-order valence-electron chi connectivity index (χ0n) is 12.0. The van der Waals surface area contributed by atoms with Gasteiger partial charge in [-0.2, -0.15) is 0 Å². The molecule has 0 atom stereocenters. The molecule has 1 saturated carbocycles. The Morgan fingerprint density at radius 2 is 1.25 bits per heavy atom. The highest BCUT2D eigenvalue weighted by atomic mass is 14.9. The maximum Gasteiger partial charge on any atom is 0.0342 e. The first-order valence-electron chi connectivity index (χ1n) is 7.84. The number of benzene rings is 2. The molecule has 0 aromatic heterocycles. The molecule has 0 amide bonds. The first-order valence-corrected chi connectivity index (χ1v) is 7.84. The molecular weight excluding hydrogens is 242 g/mol. The molecule has 2 aromatic carbocycles. The third-order valence-electron chi connectivity index (χ3n) is 4.22. The number of rotatable bonds is 3. The average Bonchev–Trinajstić information content (AvgIpc) is 2.78. The summed E-state index contributed by atoms with van der Waals surface area (Å²) in [6.45, 7) is 0. The number of anilines is 1. The van der Waals surface area contributed by atoms with Gasteiger partial charge in [-0.15, -0.1) is 0 Å². The standard InChI is InChI=1S/C19H23N/c1-2-7-11-18(10-6-1)20-19-14-12-17(13-15-19)16-8-4-3-5-9-16/h3-5,8-9,12-15,18,20H,1-2,6-7,10-11H2. The van der Waals surface area contributed by atoms with E-state index in [2.05, 4.69) is 59.9 Å². The van der Waals surface area contributed by atoms with Crippen LogP contribution in [0, 0.1) is 0 Å². The lowest BCUT2D eigenvalue weighted by molar-refractivity contribution is 0.620. The average molecular weight is 265 g/mol. The van der Waals surface area contributed by atoms with Crippen LogP contribution in [-0.2, 0) is 0 Å². The minimum absolute atomic E-state index is 0.667. The normalized spacial score (nSPS) is 16.6. The highest BCUT2D eigenvalue weighted by molar-refractivity contribution is 5.65. The highest BCUT2D eigenvalue weighted by Crippen LogP contribution is 2.24. The lowest BCUT2D eigenvalue weighted by atomic mass is 10.0. The van der Waals surface area contributed by atoms with Crippen LogP contribution in [0.5, 0.6) is 0 Å². The minimum Gasteiger partial charge on any atom is -0.382 e. The van der Waals surface area contributed by atoms with Crippen LogP contribution in [-0.4, -0.2) is 6.04 Å². The number of nitrogens with one attached hydrogen (secondary N) is 1. The molecule has 20 heavy (non-hydrogen) atoms. The van der Waals surface area contributed by atoms with E-state index in [-0.39, 0.29) is 0 Å². The first kappa shape index (κ1) is 13.2. The lowest BCUT2D eigenvalue weighted by Crippen LogP contribution is -2.17. The molecule has 3 rings (SSSR count). The van der Waals surface area contributed by atoms with Crippen LogP contribution in [0.1, 0.15) is 38.5 Å². The van der Waals surface area contributed by atoms with Gasteiger partial charge in [-0.05, 0) is 36.1 Å². The SMILES string of the molecule is c1ccc(-c2ccc(NC3CCCCCC3)cc2)cc1. The van der Waals surface area contributed by atoms with E-state index in [0.717, 1.165) is 0 Å². The Hall–Kier alpha value is -1.76. The second kappa shape index (κ2) is 6.60.